The van der Waals surface area contributed by atoms with E-state index in [-0.39, 0.29) is 0 Å². The van der Waals surface area contributed by atoms with Crippen molar-refractivity contribution in [1.29, 1.82) is 0 Å². The lowest BCUT2D eigenvalue weighted by atomic mass is 9.96. The highest BCUT2D eigenvalue weighted by Crippen LogP contribution is 2.29. The van der Waals surface area contributed by atoms with E-state index in [1.54, 1.807) is 13.2 Å². The Bertz CT molecular complexity index is 469. The van der Waals surface area contributed by atoms with Gasteiger partial charge in [-0.25, -0.2) is 13.3 Å². The van der Waals surface area contributed by atoms with Crippen molar-refractivity contribution in [3.8, 4) is 0 Å². The van der Waals surface area contributed by atoms with Crippen LogP contribution in [0, 0.1) is 5.82 Å². The quantitative estimate of drug-likeness (QED) is 0.910. The van der Waals surface area contributed by atoms with Crippen LogP contribution in [-0.4, -0.2) is 26.7 Å². The molecule has 0 saturated carbocycles. The monoisotopic (exact) mass is 302 g/mol. The molecular formula is C14H23FN2O2S. The van der Waals surface area contributed by atoms with Crippen LogP contribution < -0.4 is 4.72 Å². The van der Waals surface area contributed by atoms with Crippen LogP contribution in [0.1, 0.15) is 46.4 Å². The Hall–Kier alpha value is -0.850. The van der Waals surface area contributed by atoms with Gasteiger partial charge in [0.15, 0.2) is 0 Å². The van der Waals surface area contributed by atoms with Gasteiger partial charge in [-0.2, -0.15) is 0 Å². The molecule has 1 heterocycles. The number of nitrogens with zero attached hydrogens (tertiary/aromatic N) is 1. The van der Waals surface area contributed by atoms with E-state index >= 15 is 0 Å². The average molecular weight is 302 g/mol. The summed E-state index contributed by atoms with van der Waals surface area (Å²) in [6.07, 6.45) is 1.15. The highest BCUT2D eigenvalue weighted by molar-refractivity contribution is 7.84. The molecule has 0 bridgehead atoms. The van der Waals surface area contributed by atoms with Gasteiger partial charge < -0.3 is 4.74 Å². The number of ether oxygens (including phenoxy) is 1. The standard InChI is InChI=1S/C14H23FN2O2S/c1-13(2,3)20(18)17-12(14(4,5)19-6)11-8-7-10(15)9-16-11/h7-9,12,17H,1-6H3. The maximum absolute atomic E-state index is 13.0. The van der Waals surface area contributed by atoms with Crippen molar-refractivity contribution in [2.75, 3.05) is 7.11 Å². The van der Waals surface area contributed by atoms with E-state index in [0.717, 1.165) is 6.20 Å². The summed E-state index contributed by atoms with van der Waals surface area (Å²) in [5.74, 6) is -0.403. The van der Waals surface area contributed by atoms with E-state index in [0.29, 0.717) is 5.69 Å². The minimum absolute atomic E-state index is 0.403. The first kappa shape index (κ1) is 17.2. The normalized spacial score (nSPS) is 15.9. The molecule has 0 radical (unpaired) electrons. The Morgan fingerprint density at radius 1 is 1.30 bits per heavy atom. The third-order valence-electron chi connectivity index (χ3n) is 3.05. The van der Waals surface area contributed by atoms with E-state index in [4.69, 9.17) is 4.74 Å². The number of aromatic nitrogens is 1. The van der Waals surface area contributed by atoms with E-state index in [1.165, 1.54) is 6.07 Å². The molecule has 0 aliphatic heterocycles. The van der Waals surface area contributed by atoms with Gasteiger partial charge in [0.1, 0.15) is 5.82 Å². The summed E-state index contributed by atoms with van der Waals surface area (Å²) < 4.78 is 33.4. The molecule has 2 unspecified atom stereocenters. The predicted octanol–water partition coefficient (Wildman–Crippen LogP) is 2.74. The minimum Gasteiger partial charge on any atom is -0.377 e. The Morgan fingerprint density at radius 2 is 1.90 bits per heavy atom. The van der Waals surface area contributed by atoms with Crippen molar-refractivity contribution in [3.05, 3.63) is 29.8 Å². The van der Waals surface area contributed by atoms with Crippen LogP contribution in [0.4, 0.5) is 4.39 Å². The second-order valence-electron chi connectivity index (χ2n) is 6.14. The highest BCUT2D eigenvalue weighted by Gasteiger charge is 2.35. The fraction of sp³-hybridized carbons (Fsp3) is 0.643. The number of hydrogen-bond acceptors (Lipinski definition) is 3. The van der Waals surface area contributed by atoms with Crippen LogP contribution in [-0.2, 0) is 15.7 Å². The summed E-state index contributed by atoms with van der Waals surface area (Å²) in [6.45, 7) is 9.38. The topological polar surface area (TPSA) is 51.2 Å². The third kappa shape index (κ3) is 4.33. The lowest BCUT2D eigenvalue weighted by Crippen LogP contribution is -2.45. The first-order valence-corrected chi connectivity index (χ1v) is 7.57. The van der Waals surface area contributed by atoms with E-state index < -0.39 is 33.2 Å². The smallest absolute Gasteiger partial charge is 0.141 e. The maximum atomic E-state index is 13.0. The number of rotatable bonds is 5. The summed E-state index contributed by atoms with van der Waals surface area (Å²) in [4.78, 5) is 4.08. The summed E-state index contributed by atoms with van der Waals surface area (Å²) in [5.41, 5.74) is -0.0398. The second kappa shape index (κ2) is 6.28. The molecule has 1 N–H and O–H groups in total. The largest absolute Gasteiger partial charge is 0.377 e. The Kier molecular flexibility index (Phi) is 5.40. The summed E-state index contributed by atoms with van der Waals surface area (Å²) in [5, 5.41) is 0. The fourth-order valence-electron chi connectivity index (χ4n) is 1.52. The van der Waals surface area contributed by atoms with Crippen LogP contribution in [0.25, 0.3) is 0 Å². The summed E-state index contributed by atoms with van der Waals surface area (Å²) >= 11 is 0. The highest BCUT2D eigenvalue weighted by atomic mass is 32.2. The van der Waals surface area contributed by atoms with Gasteiger partial charge in [0.25, 0.3) is 0 Å². The lowest BCUT2D eigenvalue weighted by molar-refractivity contribution is -0.00561. The van der Waals surface area contributed by atoms with Crippen LogP contribution in [0.3, 0.4) is 0 Å². The lowest BCUT2D eigenvalue weighted by Gasteiger charge is -2.34. The second-order valence-corrected chi connectivity index (χ2v) is 8.14. The minimum atomic E-state index is -1.29. The number of pyridine rings is 1. The molecule has 0 aromatic carbocycles. The van der Waals surface area contributed by atoms with Crippen LogP contribution in [0.2, 0.25) is 0 Å². The van der Waals surface area contributed by atoms with Crippen molar-refractivity contribution >= 4 is 11.0 Å². The number of halogens is 1. The van der Waals surface area contributed by atoms with Crippen LogP contribution in [0.5, 0.6) is 0 Å². The molecule has 0 aliphatic carbocycles. The number of hydrogen-bond donors (Lipinski definition) is 1. The molecule has 1 rings (SSSR count). The molecule has 6 heteroatoms. The SMILES string of the molecule is COC(C)(C)C(NS(=O)C(C)(C)C)c1ccc(F)cn1. The third-order valence-corrected chi connectivity index (χ3v) is 4.61. The molecule has 20 heavy (non-hydrogen) atoms. The molecule has 0 fully saturated rings. The van der Waals surface area contributed by atoms with Gasteiger partial charge >= 0.3 is 0 Å². The molecule has 0 aliphatic rings. The first-order chi connectivity index (χ1) is 9.08. The molecule has 2 atom stereocenters. The molecule has 4 nitrogen and oxygen atoms in total. The van der Waals surface area contributed by atoms with Crippen molar-refractivity contribution in [1.82, 2.24) is 9.71 Å². The molecule has 0 amide bonds. The zero-order valence-electron chi connectivity index (χ0n) is 12.9. The van der Waals surface area contributed by atoms with Crippen molar-refractivity contribution in [2.24, 2.45) is 0 Å². The van der Waals surface area contributed by atoms with E-state index in [2.05, 4.69) is 9.71 Å². The molecule has 1 aromatic rings. The van der Waals surface area contributed by atoms with E-state index in [9.17, 15) is 8.60 Å². The van der Waals surface area contributed by atoms with Gasteiger partial charge in [0.2, 0.25) is 0 Å². The molecule has 114 valence electrons. The maximum Gasteiger partial charge on any atom is 0.141 e. The van der Waals surface area contributed by atoms with Gasteiger partial charge in [-0.15, -0.1) is 0 Å². The van der Waals surface area contributed by atoms with Gasteiger partial charge in [0.05, 0.1) is 39.3 Å². The number of nitrogens with one attached hydrogen (secondary N) is 1. The Balaban J connectivity index is 3.10. The fourth-order valence-corrected chi connectivity index (χ4v) is 2.49. The van der Waals surface area contributed by atoms with Crippen LogP contribution in [0.15, 0.2) is 18.3 Å². The zero-order chi connectivity index (χ0) is 15.6. The predicted molar refractivity (Wildman–Crippen MR) is 79.1 cm³/mol. The average Bonchev–Trinajstić information content (AvgIpc) is 2.35. The van der Waals surface area contributed by atoms with Gasteiger partial charge in [-0.1, -0.05) is 0 Å². The van der Waals surface area contributed by atoms with Crippen molar-refractivity contribution < 1.29 is 13.3 Å². The molecule has 0 spiro atoms. The van der Waals surface area contributed by atoms with E-state index in [1.807, 2.05) is 34.6 Å². The molecule has 1 aromatic heterocycles. The number of methoxy groups -OCH3 is 1. The zero-order valence-corrected chi connectivity index (χ0v) is 13.7. The van der Waals surface area contributed by atoms with Crippen molar-refractivity contribution in [2.45, 2.75) is 51.0 Å². The van der Waals surface area contributed by atoms with Gasteiger partial charge in [-0.05, 0) is 46.8 Å². The summed E-state index contributed by atoms with van der Waals surface area (Å²) in [7, 11) is 0.296. The molecule has 0 saturated heterocycles. The van der Waals surface area contributed by atoms with Crippen molar-refractivity contribution in [3.63, 3.8) is 0 Å². The summed E-state index contributed by atoms with van der Waals surface area (Å²) in [6, 6.07) is 2.50. The Labute approximate surface area is 122 Å². The van der Waals surface area contributed by atoms with Gasteiger partial charge in [0, 0.05) is 7.11 Å². The van der Waals surface area contributed by atoms with Gasteiger partial charge in [-0.3, -0.25) is 4.98 Å². The Morgan fingerprint density at radius 3 is 2.30 bits per heavy atom. The first-order valence-electron chi connectivity index (χ1n) is 6.42. The molecular weight excluding hydrogens is 279 g/mol. The van der Waals surface area contributed by atoms with Crippen LogP contribution >= 0.6 is 0 Å².